The van der Waals surface area contributed by atoms with Crippen molar-refractivity contribution in [3.05, 3.63) is 71.7 Å². The Labute approximate surface area is 144 Å². The lowest BCUT2D eigenvalue weighted by Gasteiger charge is -2.27. The molecular weight excluding hydrogens is 316 g/mol. The van der Waals surface area contributed by atoms with Gasteiger partial charge in [0, 0.05) is 23.7 Å². The van der Waals surface area contributed by atoms with E-state index in [1.165, 1.54) is 0 Å². The zero-order valence-corrected chi connectivity index (χ0v) is 13.5. The number of nitrogens with one attached hydrogen (secondary N) is 1. The van der Waals surface area contributed by atoms with Gasteiger partial charge in [0.15, 0.2) is 5.82 Å². The van der Waals surface area contributed by atoms with E-state index in [0.717, 1.165) is 11.1 Å². The first-order valence-corrected chi connectivity index (χ1v) is 7.84. The number of pyridine rings is 1. The fraction of sp³-hybridized carbons (Fsp3) is 0.111. The van der Waals surface area contributed by atoms with Crippen LogP contribution in [0.3, 0.4) is 0 Å². The predicted molar refractivity (Wildman–Crippen MR) is 93.4 cm³/mol. The van der Waals surface area contributed by atoms with Gasteiger partial charge in [0.05, 0.1) is 5.57 Å². The zero-order chi connectivity index (χ0) is 17.4. The Hall–Kier alpha value is -3.48. The number of fused-ring (bicyclic) bond motifs is 1. The van der Waals surface area contributed by atoms with Gasteiger partial charge in [-0.1, -0.05) is 30.3 Å². The summed E-state index contributed by atoms with van der Waals surface area (Å²) in [6, 6.07) is 12.9. The smallest absolute Gasteiger partial charge is 0.248 e. The van der Waals surface area contributed by atoms with Crippen molar-refractivity contribution in [3.8, 4) is 11.4 Å². The SMILES string of the molecule is CC1=C(C(N)=O)[C@@H](c2ccccc2)n2nc(-c3ccncc3)nc2N1. The summed E-state index contributed by atoms with van der Waals surface area (Å²) in [6.07, 6.45) is 3.38. The lowest BCUT2D eigenvalue weighted by atomic mass is 9.95. The van der Waals surface area contributed by atoms with Gasteiger partial charge in [-0.3, -0.25) is 9.78 Å². The highest BCUT2D eigenvalue weighted by Gasteiger charge is 2.33. The van der Waals surface area contributed by atoms with Gasteiger partial charge in [0.2, 0.25) is 11.9 Å². The molecule has 3 N–H and O–H groups in total. The molecule has 1 atom stereocenters. The number of nitrogens with zero attached hydrogens (tertiary/aromatic N) is 4. The van der Waals surface area contributed by atoms with Gasteiger partial charge in [0.1, 0.15) is 6.04 Å². The maximum Gasteiger partial charge on any atom is 0.248 e. The average molecular weight is 332 g/mol. The largest absolute Gasteiger partial charge is 0.366 e. The molecule has 0 bridgehead atoms. The Morgan fingerprint density at radius 2 is 1.88 bits per heavy atom. The molecule has 3 aromatic rings. The van der Waals surface area contributed by atoms with E-state index in [1.54, 1.807) is 17.1 Å². The Balaban J connectivity index is 1.89. The highest BCUT2D eigenvalue weighted by Crippen LogP contribution is 2.35. The number of allylic oxidation sites excluding steroid dienone is 1. The molecular formula is C18H16N6O. The minimum Gasteiger partial charge on any atom is -0.366 e. The number of benzene rings is 1. The van der Waals surface area contributed by atoms with Crippen LogP contribution in [0.15, 0.2) is 66.1 Å². The fourth-order valence-corrected chi connectivity index (χ4v) is 3.04. The van der Waals surface area contributed by atoms with Crippen molar-refractivity contribution in [1.82, 2.24) is 19.7 Å². The normalized spacial score (nSPS) is 16.3. The maximum atomic E-state index is 12.1. The lowest BCUT2D eigenvalue weighted by Crippen LogP contribution is -2.31. The Kier molecular flexibility index (Phi) is 3.53. The minimum atomic E-state index is -0.481. The van der Waals surface area contributed by atoms with Gasteiger partial charge in [-0.15, -0.1) is 5.10 Å². The van der Waals surface area contributed by atoms with Crippen LogP contribution in [0.4, 0.5) is 5.95 Å². The van der Waals surface area contributed by atoms with Gasteiger partial charge in [-0.05, 0) is 24.6 Å². The van der Waals surface area contributed by atoms with E-state index in [0.29, 0.717) is 23.0 Å². The summed E-state index contributed by atoms with van der Waals surface area (Å²) in [5.74, 6) is 0.651. The van der Waals surface area contributed by atoms with Crippen LogP contribution in [0.5, 0.6) is 0 Å². The van der Waals surface area contributed by atoms with E-state index in [2.05, 4.69) is 20.4 Å². The lowest BCUT2D eigenvalue weighted by molar-refractivity contribution is -0.115. The standard InChI is InChI=1S/C18H16N6O/c1-11-14(16(19)25)15(12-5-3-2-4-6-12)24-18(21-11)22-17(23-24)13-7-9-20-10-8-13/h2-10,15H,1H3,(H2,19,25)(H,21,22,23)/t15-/m1/s1. The number of amides is 1. The van der Waals surface area contributed by atoms with Crippen LogP contribution in [0.2, 0.25) is 0 Å². The third kappa shape index (κ3) is 2.55. The van der Waals surface area contributed by atoms with Crippen molar-refractivity contribution in [2.24, 2.45) is 5.73 Å². The monoisotopic (exact) mass is 332 g/mol. The molecule has 124 valence electrons. The first-order chi connectivity index (χ1) is 12.1. The summed E-state index contributed by atoms with van der Waals surface area (Å²) in [5.41, 5.74) is 8.59. The highest BCUT2D eigenvalue weighted by atomic mass is 16.1. The van der Waals surface area contributed by atoms with E-state index in [1.807, 2.05) is 49.4 Å². The Morgan fingerprint density at radius 3 is 2.56 bits per heavy atom. The van der Waals surface area contributed by atoms with Crippen LogP contribution in [0, 0.1) is 0 Å². The van der Waals surface area contributed by atoms with E-state index < -0.39 is 11.9 Å². The van der Waals surface area contributed by atoms with Crippen LogP contribution in [-0.4, -0.2) is 25.7 Å². The summed E-state index contributed by atoms with van der Waals surface area (Å²) in [6.45, 7) is 1.82. The molecule has 0 aliphatic carbocycles. The van der Waals surface area contributed by atoms with Crippen molar-refractivity contribution in [2.45, 2.75) is 13.0 Å². The molecule has 0 unspecified atom stereocenters. The van der Waals surface area contributed by atoms with Crippen molar-refractivity contribution < 1.29 is 4.79 Å². The van der Waals surface area contributed by atoms with Crippen molar-refractivity contribution in [1.29, 1.82) is 0 Å². The number of carbonyl (C=O) groups excluding carboxylic acids is 1. The molecule has 2 aromatic heterocycles. The molecule has 0 fully saturated rings. The summed E-state index contributed by atoms with van der Waals surface area (Å²) in [5, 5.41) is 7.75. The number of aromatic nitrogens is 4. The van der Waals surface area contributed by atoms with Crippen LogP contribution in [0.25, 0.3) is 11.4 Å². The topological polar surface area (TPSA) is 98.7 Å². The van der Waals surface area contributed by atoms with E-state index >= 15 is 0 Å². The third-order valence-electron chi connectivity index (χ3n) is 4.17. The number of rotatable bonds is 3. The van der Waals surface area contributed by atoms with E-state index in [-0.39, 0.29) is 0 Å². The average Bonchev–Trinajstić information content (AvgIpc) is 3.05. The second-order valence-corrected chi connectivity index (χ2v) is 5.78. The molecule has 1 aromatic carbocycles. The van der Waals surface area contributed by atoms with Crippen molar-refractivity contribution >= 4 is 11.9 Å². The molecule has 7 heteroatoms. The van der Waals surface area contributed by atoms with Crippen LogP contribution < -0.4 is 11.1 Å². The summed E-state index contributed by atoms with van der Waals surface area (Å²) in [4.78, 5) is 20.7. The molecule has 25 heavy (non-hydrogen) atoms. The Morgan fingerprint density at radius 1 is 1.16 bits per heavy atom. The van der Waals surface area contributed by atoms with E-state index in [9.17, 15) is 4.79 Å². The Bertz CT molecular complexity index is 962. The minimum absolute atomic E-state index is 0.418. The quantitative estimate of drug-likeness (QED) is 0.765. The molecule has 0 saturated carbocycles. The van der Waals surface area contributed by atoms with Crippen LogP contribution in [-0.2, 0) is 4.79 Å². The first-order valence-electron chi connectivity index (χ1n) is 7.84. The van der Waals surface area contributed by atoms with Crippen LogP contribution in [0.1, 0.15) is 18.5 Å². The molecule has 1 aliphatic rings. The number of nitrogens with two attached hydrogens (primary N) is 1. The molecule has 1 aliphatic heterocycles. The predicted octanol–water partition coefficient (Wildman–Crippen LogP) is 2.11. The van der Waals surface area contributed by atoms with Gasteiger partial charge in [-0.2, -0.15) is 4.98 Å². The highest BCUT2D eigenvalue weighted by molar-refractivity contribution is 5.95. The first kappa shape index (κ1) is 15.1. The molecule has 3 heterocycles. The number of hydrogen-bond donors (Lipinski definition) is 2. The van der Waals surface area contributed by atoms with Gasteiger partial charge >= 0.3 is 0 Å². The number of primary amides is 1. The number of hydrogen-bond acceptors (Lipinski definition) is 5. The number of carbonyl (C=O) groups is 1. The summed E-state index contributed by atoms with van der Waals surface area (Å²) >= 11 is 0. The van der Waals surface area contributed by atoms with Crippen molar-refractivity contribution in [2.75, 3.05) is 5.32 Å². The van der Waals surface area contributed by atoms with Gasteiger partial charge < -0.3 is 11.1 Å². The second-order valence-electron chi connectivity index (χ2n) is 5.78. The molecule has 0 saturated heterocycles. The van der Waals surface area contributed by atoms with Crippen molar-refractivity contribution in [3.63, 3.8) is 0 Å². The van der Waals surface area contributed by atoms with Crippen LogP contribution >= 0.6 is 0 Å². The summed E-state index contributed by atoms with van der Waals surface area (Å²) < 4.78 is 1.71. The second kappa shape index (κ2) is 5.86. The molecule has 4 rings (SSSR count). The fourth-order valence-electron chi connectivity index (χ4n) is 3.04. The third-order valence-corrected chi connectivity index (χ3v) is 4.17. The van der Waals surface area contributed by atoms with E-state index in [4.69, 9.17) is 5.73 Å². The maximum absolute atomic E-state index is 12.1. The molecule has 0 radical (unpaired) electrons. The summed E-state index contributed by atoms with van der Waals surface area (Å²) in [7, 11) is 0. The van der Waals surface area contributed by atoms with Gasteiger partial charge in [0.25, 0.3) is 0 Å². The molecule has 1 amide bonds. The zero-order valence-electron chi connectivity index (χ0n) is 13.5. The molecule has 0 spiro atoms. The molecule has 7 nitrogen and oxygen atoms in total. The van der Waals surface area contributed by atoms with Gasteiger partial charge in [-0.25, -0.2) is 4.68 Å². The number of anilines is 1.